The van der Waals surface area contributed by atoms with E-state index in [4.69, 9.17) is 12.8 Å². The van der Waals surface area contributed by atoms with E-state index in [2.05, 4.69) is 25.7 Å². The fraction of sp³-hybridized carbons (Fsp3) is 0.909. The van der Waals surface area contributed by atoms with Crippen LogP contribution in [0.4, 0.5) is 0 Å². The molecule has 0 radical (unpaired) electrons. The van der Waals surface area contributed by atoms with Gasteiger partial charge in [-0.05, 0) is 25.7 Å². The molecule has 45 heavy (non-hydrogen) atoms. The van der Waals surface area contributed by atoms with Gasteiger partial charge in [-0.2, -0.15) is 0 Å². The number of unbranched alkanes of at least 4 members (excludes halogenated alkanes) is 36. The molecule has 0 aliphatic rings. The number of rotatable bonds is 36. The van der Waals surface area contributed by atoms with Gasteiger partial charge in [0, 0.05) is 0 Å². The minimum absolute atomic E-state index is 0. The van der Waals surface area contributed by atoms with E-state index in [0.29, 0.717) is 0 Å². The van der Waals surface area contributed by atoms with Crippen molar-refractivity contribution in [2.45, 2.75) is 258 Å². The van der Waals surface area contributed by atoms with Crippen molar-refractivity contribution in [3.8, 4) is 11.8 Å². The maximum Gasteiger partial charge on any atom is 2.00 e. The van der Waals surface area contributed by atoms with Gasteiger partial charge in [0.15, 0.2) is 0 Å². The Hall–Kier alpha value is -0.386. The summed E-state index contributed by atoms with van der Waals surface area (Å²) in [5.74, 6) is 4.94. The molecule has 0 aliphatic heterocycles. The van der Waals surface area contributed by atoms with Crippen LogP contribution in [0.1, 0.15) is 258 Å². The molecule has 0 spiro atoms. The summed E-state index contributed by atoms with van der Waals surface area (Å²) in [5, 5.41) is 0. The predicted octanol–water partition coefficient (Wildman–Crippen LogP) is 16.0. The van der Waals surface area contributed by atoms with Gasteiger partial charge in [0.1, 0.15) is 0 Å². The summed E-state index contributed by atoms with van der Waals surface area (Å²) in [4.78, 5) is 0. The third-order valence-corrected chi connectivity index (χ3v) is 9.31. The Kier molecular flexibility index (Phi) is 55.0. The van der Waals surface area contributed by atoms with Gasteiger partial charge in [-0.25, -0.2) is 0 Å². The molecule has 0 rings (SSSR count). The first-order chi connectivity index (χ1) is 21.8. The van der Waals surface area contributed by atoms with Crippen LogP contribution in [0.3, 0.4) is 0 Å². The van der Waals surface area contributed by atoms with Gasteiger partial charge in [-0.15, -0.1) is 0 Å². The maximum atomic E-state index is 6.85. The summed E-state index contributed by atoms with van der Waals surface area (Å²) in [6.45, 7) is 4.58. The normalized spacial score (nSPS) is 10.5. The van der Waals surface area contributed by atoms with Crippen LogP contribution < -0.4 is 0 Å². The second-order valence-corrected chi connectivity index (χ2v) is 13.9. The van der Waals surface area contributed by atoms with Gasteiger partial charge in [0.25, 0.3) is 0 Å². The van der Waals surface area contributed by atoms with Crippen LogP contribution in [0.25, 0.3) is 0 Å². The molecule has 0 aromatic rings. The summed E-state index contributed by atoms with van der Waals surface area (Å²) < 4.78 is 0. The molecule has 0 aromatic heterocycles. The van der Waals surface area contributed by atoms with Crippen molar-refractivity contribution >= 4 is 0 Å². The second-order valence-electron chi connectivity index (χ2n) is 13.9. The monoisotopic (exact) mass is 669 g/mol. The zero-order valence-electron chi connectivity index (χ0n) is 31.2. The largest absolute Gasteiger partial charge is 2.00 e. The fourth-order valence-electron chi connectivity index (χ4n) is 6.23. The number of hydrogen-bond acceptors (Lipinski definition) is 0. The fourth-order valence-corrected chi connectivity index (χ4v) is 6.23. The van der Waals surface area contributed by atoms with Crippen LogP contribution in [-0.4, -0.2) is 0 Å². The minimum Gasteiger partial charge on any atom is -0.694 e. The van der Waals surface area contributed by atoms with Crippen LogP contribution in [0.5, 0.6) is 0 Å². The molecule has 0 aromatic carbocycles. The molecule has 0 unspecified atom stereocenters. The maximum absolute atomic E-state index is 6.85. The molecule has 0 heterocycles. The Morgan fingerprint density at radius 2 is 0.378 bits per heavy atom. The van der Waals surface area contributed by atoms with E-state index in [1.54, 1.807) is 0 Å². The Morgan fingerprint density at radius 1 is 0.244 bits per heavy atom. The van der Waals surface area contributed by atoms with Crippen molar-refractivity contribution in [3.63, 3.8) is 0 Å². The summed E-state index contributed by atoms with van der Waals surface area (Å²) in [6.07, 6.45) is 66.5. The van der Waals surface area contributed by atoms with Crippen molar-refractivity contribution < 1.29 is 16.5 Å². The molecule has 0 saturated carbocycles. The molecule has 0 nitrogen and oxygen atoms in total. The number of hydrogen-bond donors (Lipinski definition) is 0. The first kappa shape index (κ1) is 49.0. The summed E-state index contributed by atoms with van der Waals surface area (Å²) in [5.41, 5.74) is 0. The Morgan fingerprint density at radius 3 is 0.511 bits per heavy atom. The average molecular weight is 670 g/mol. The second kappa shape index (κ2) is 50.5. The van der Waals surface area contributed by atoms with Crippen LogP contribution in [-0.2, 0) is 16.5 Å². The van der Waals surface area contributed by atoms with Gasteiger partial charge < -0.3 is 24.7 Å². The van der Waals surface area contributed by atoms with E-state index >= 15 is 0 Å². The standard InChI is InChI=1S/2C22H41.Ni/c2*1-3-5-7-9-11-13-15-17-19-21-22-20-18-16-14-12-10-8-6-4-2;/h2*3,5-22H2,1H3;/q2*-1;+2. The molecular formula is C44H82Ni. The summed E-state index contributed by atoms with van der Waals surface area (Å²) in [7, 11) is 0. The van der Waals surface area contributed by atoms with Crippen LogP contribution in [0.15, 0.2) is 0 Å². The van der Waals surface area contributed by atoms with Crippen molar-refractivity contribution in [1.82, 2.24) is 0 Å². The van der Waals surface area contributed by atoms with Crippen LogP contribution in [0.2, 0.25) is 0 Å². The average Bonchev–Trinajstić information content (AvgIpc) is 3.04. The van der Waals surface area contributed by atoms with Crippen LogP contribution >= 0.6 is 0 Å². The third-order valence-electron chi connectivity index (χ3n) is 9.31. The smallest absolute Gasteiger partial charge is 0.694 e. The first-order valence-corrected chi connectivity index (χ1v) is 20.6. The summed E-state index contributed by atoms with van der Waals surface area (Å²) >= 11 is 0. The minimum atomic E-state index is 0. The zero-order valence-corrected chi connectivity index (χ0v) is 32.2. The molecular weight excluding hydrogens is 587 g/mol. The third kappa shape index (κ3) is 53.4. The molecule has 0 saturated heterocycles. The van der Waals surface area contributed by atoms with Crippen molar-refractivity contribution in [2.75, 3.05) is 0 Å². The quantitative estimate of drug-likeness (QED) is 0.0270. The van der Waals surface area contributed by atoms with Gasteiger partial charge in [-0.3, -0.25) is 0 Å². The van der Waals surface area contributed by atoms with Crippen molar-refractivity contribution in [2.24, 2.45) is 0 Å². The molecule has 0 amide bonds. The van der Waals surface area contributed by atoms with E-state index in [1.807, 2.05) is 0 Å². The Labute approximate surface area is 297 Å². The van der Waals surface area contributed by atoms with Gasteiger partial charge in [-0.1, -0.05) is 232 Å². The molecule has 0 aliphatic carbocycles. The van der Waals surface area contributed by atoms with E-state index in [9.17, 15) is 0 Å². The Balaban J connectivity index is -0.000000767. The molecule has 0 atom stereocenters. The van der Waals surface area contributed by atoms with E-state index in [0.717, 1.165) is 12.8 Å². The summed E-state index contributed by atoms with van der Waals surface area (Å²) in [6, 6.07) is 0. The van der Waals surface area contributed by atoms with E-state index in [-0.39, 0.29) is 16.5 Å². The Bertz CT molecular complexity index is 502. The van der Waals surface area contributed by atoms with E-state index < -0.39 is 0 Å². The van der Waals surface area contributed by atoms with Gasteiger partial charge in [0.2, 0.25) is 0 Å². The molecule has 0 bridgehead atoms. The molecule has 1 heteroatoms. The van der Waals surface area contributed by atoms with Crippen LogP contribution in [0, 0.1) is 24.7 Å². The van der Waals surface area contributed by atoms with E-state index in [1.165, 1.54) is 231 Å². The topological polar surface area (TPSA) is 0 Å². The zero-order chi connectivity index (χ0) is 32.3. The first-order valence-electron chi connectivity index (χ1n) is 20.6. The van der Waals surface area contributed by atoms with Crippen molar-refractivity contribution in [3.05, 3.63) is 12.8 Å². The van der Waals surface area contributed by atoms with Gasteiger partial charge in [0.05, 0.1) is 0 Å². The van der Waals surface area contributed by atoms with Crippen molar-refractivity contribution in [1.29, 1.82) is 0 Å². The predicted molar refractivity (Wildman–Crippen MR) is 201 cm³/mol. The molecule has 0 fully saturated rings. The van der Waals surface area contributed by atoms with Gasteiger partial charge >= 0.3 is 16.5 Å². The molecule has 268 valence electrons. The molecule has 0 N–H and O–H groups in total. The SMILES string of the molecule is [C-]#CCCCCCCCCCCCCCCCCCCCC.[C-]#CCCCCCCCCCCCCCCCCCCCC.[Ni+2].